The Hall–Kier alpha value is -0.550. The maximum atomic E-state index is 11.8. The van der Waals surface area contributed by atoms with Crippen LogP contribution >= 0.6 is 11.8 Å². The van der Waals surface area contributed by atoms with Crippen LogP contribution in [0.4, 0.5) is 0 Å². The van der Waals surface area contributed by atoms with Gasteiger partial charge < -0.3 is 10.6 Å². The van der Waals surface area contributed by atoms with Crippen molar-refractivity contribution >= 4 is 22.8 Å². The van der Waals surface area contributed by atoms with Crippen molar-refractivity contribution in [3.8, 4) is 0 Å². The van der Waals surface area contributed by atoms with Gasteiger partial charge in [0.1, 0.15) is 0 Å². The Morgan fingerprint density at radius 3 is 2.88 bits per heavy atom. The number of amides is 1. The maximum absolute atomic E-state index is 11.8. The van der Waals surface area contributed by atoms with Gasteiger partial charge in [0, 0.05) is 31.2 Å². The molecule has 0 aromatic heterocycles. The Kier molecular flexibility index (Phi) is 5.28. The zero-order chi connectivity index (χ0) is 12.1. The molecule has 0 spiro atoms. The molecule has 1 amide bonds. The summed E-state index contributed by atoms with van der Waals surface area (Å²) >= 11 is 1.28. The van der Waals surface area contributed by atoms with Gasteiger partial charge in [0.2, 0.25) is 5.91 Å². The van der Waals surface area contributed by atoms with Gasteiger partial charge in [-0.3, -0.25) is 9.59 Å². The minimum absolute atomic E-state index is 0.0894. The fourth-order valence-corrected chi connectivity index (χ4v) is 3.07. The molecule has 1 fully saturated rings. The van der Waals surface area contributed by atoms with Crippen LogP contribution in [0, 0.1) is 0 Å². The van der Waals surface area contributed by atoms with E-state index in [0.717, 1.165) is 12.8 Å². The topological polar surface area (TPSA) is 63.4 Å². The fraction of sp³-hybridized carbons (Fsp3) is 0.818. The molecule has 92 valence electrons. The monoisotopic (exact) mass is 244 g/mol. The van der Waals surface area contributed by atoms with Crippen LogP contribution in [0.15, 0.2) is 0 Å². The summed E-state index contributed by atoms with van der Waals surface area (Å²) in [5, 5.41) is 0.225. The molecule has 5 heteroatoms. The third-order valence-electron chi connectivity index (χ3n) is 2.87. The van der Waals surface area contributed by atoms with Crippen LogP contribution in [0.1, 0.15) is 33.1 Å². The van der Waals surface area contributed by atoms with Gasteiger partial charge in [0.05, 0.1) is 0 Å². The van der Waals surface area contributed by atoms with Crippen LogP contribution in [0.2, 0.25) is 0 Å². The molecule has 2 unspecified atom stereocenters. The van der Waals surface area contributed by atoms with E-state index in [1.165, 1.54) is 11.8 Å². The van der Waals surface area contributed by atoms with Gasteiger partial charge in [0.25, 0.3) is 0 Å². The molecule has 0 aromatic carbocycles. The molecular formula is C11H20N2O2S. The summed E-state index contributed by atoms with van der Waals surface area (Å²) in [4.78, 5) is 24.7. The molecule has 0 aliphatic carbocycles. The van der Waals surface area contributed by atoms with E-state index in [1.54, 1.807) is 6.92 Å². The van der Waals surface area contributed by atoms with Gasteiger partial charge >= 0.3 is 0 Å². The first kappa shape index (κ1) is 13.5. The van der Waals surface area contributed by atoms with E-state index in [2.05, 4.69) is 6.92 Å². The van der Waals surface area contributed by atoms with Crippen molar-refractivity contribution in [1.29, 1.82) is 0 Å². The Morgan fingerprint density at radius 2 is 2.38 bits per heavy atom. The zero-order valence-electron chi connectivity index (χ0n) is 9.94. The lowest BCUT2D eigenvalue weighted by Crippen LogP contribution is -2.37. The third kappa shape index (κ3) is 3.49. The number of thioether (sulfide) groups is 1. The van der Waals surface area contributed by atoms with Crippen molar-refractivity contribution in [2.45, 2.75) is 44.4 Å². The van der Waals surface area contributed by atoms with Gasteiger partial charge in [-0.05, 0) is 19.4 Å². The van der Waals surface area contributed by atoms with Gasteiger partial charge in [-0.2, -0.15) is 0 Å². The van der Waals surface area contributed by atoms with Crippen molar-refractivity contribution < 1.29 is 9.59 Å². The molecule has 1 rings (SSSR count). The lowest BCUT2D eigenvalue weighted by atomic mass is 10.1. The second kappa shape index (κ2) is 6.25. The van der Waals surface area contributed by atoms with Crippen LogP contribution in [0.5, 0.6) is 0 Å². The highest BCUT2D eigenvalue weighted by Crippen LogP contribution is 2.27. The van der Waals surface area contributed by atoms with E-state index in [4.69, 9.17) is 5.73 Å². The summed E-state index contributed by atoms with van der Waals surface area (Å²) in [5.74, 6) is 0.166. The number of hydrogen-bond acceptors (Lipinski definition) is 4. The number of nitrogens with two attached hydrogens (primary N) is 1. The quantitative estimate of drug-likeness (QED) is 0.783. The van der Waals surface area contributed by atoms with E-state index in [-0.39, 0.29) is 22.3 Å². The van der Waals surface area contributed by atoms with E-state index in [1.807, 2.05) is 4.90 Å². The second-order valence-electron chi connectivity index (χ2n) is 4.12. The summed E-state index contributed by atoms with van der Waals surface area (Å²) in [5.41, 5.74) is 5.54. The van der Waals surface area contributed by atoms with Crippen LogP contribution in [-0.2, 0) is 9.59 Å². The molecule has 0 aromatic rings. The number of likely N-dealkylation sites (tertiary alicyclic amines) is 1. The maximum Gasteiger partial charge on any atom is 0.224 e. The summed E-state index contributed by atoms with van der Waals surface area (Å²) in [6.45, 7) is 4.92. The first-order chi connectivity index (χ1) is 7.58. The van der Waals surface area contributed by atoms with Crippen LogP contribution in [-0.4, -0.2) is 40.3 Å². The molecule has 1 aliphatic rings. The lowest BCUT2D eigenvalue weighted by molar-refractivity contribution is -0.129. The molecule has 2 atom stereocenters. The van der Waals surface area contributed by atoms with Crippen LogP contribution in [0.25, 0.3) is 0 Å². The second-order valence-corrected chi connectivity index (χ2v) is 5.60. The predicted octanol–water partition coefficient (Wildman–Crippen LogP) is 0.994. The molecule has 16 heavy (non-hydrogen) atoms. The first-order valence-corrected chi connectivity index (χ1v) is 6.63. The molecule has 1 aliphatic heterocycles. The summed E-state index contributed by atoms with van der Waals surface area (Å²) in [6, 6.07) is 0.245. The van der Waals surface area contributed by atoms with Crippen molar-refractivity contribution in [1.82, 2.24) is 4.90 Å². The summed E-state index contributed by atoms with van der Waals surface area (Å²) < 4.78 is 0. The lowest BCUT2D eigenvalue weighted by Gasteiger charge is -2.26. The summed E-state index contributed by atoms with van der Waals surface area (Å²) in [6.07, 6.45) is 2.27. The molecule has 1 saturated heterocycles. The molecule has 4 nitrogen and oxygen atoms in total. The Balaban J connectivity index is 2.55. The van der Waals surface area contributed by atoms with Crippen molar-refractivity contribution in [3.05, 3.63) is 0 Å². The Morgan fingerprint density at radius 1 is 1.69 bits per heavy atom. The molecule has 2 N–H and O–H groups in total. The van der Waals surface area contributed by atoms with Crippen LogP contribution < -0.4 is 5.73 Å². The van der Waals surface area contributed by atoms with Crippen molar-refractivity contribution in [2.75, 3.05) is 13.1 Å². The van der Waals surface area contributed by atoms with Gasteiger partial charge in [-0.15, -0.1) is 0 Å². The SMILES string of the molecule is CCC(CCN)N1CC(SC(C)=O)CC1=O. The fourth-order valence-electron chi connectivity index (χ4n) is 2.14. The Bertz CT molecular complexity index is 271. The number of nitrogens with zero attached hydrogens (tertiary/aromatic N) is 1. The molecule has 0 bridgehead atoms. The van der Waals surface area contributed by atoms with Crippen molar-refractivity contribution in [2.24, 2.45) is 5.73 Å². The minimum Gasteiger partial charge on any atom is -0.339 e. The zero-order valence-corrected chi connectivity index (χ0v) is 10.8. The highest BCUT2D eigenvalue weighted by atomic mass is 32.2. The smallest absolute Gasteiger partial charge is 0.224 e. The van der Waals surface area contributed by atoms with E-state index in [0.29, 0.717) is 19.5 Å². The average Bonchev–Trinajstić information content (AvgIpc) is 2.55. The van der Waals surface area contributed by atoms with Crippen LogP contribution in [0.3, 0.4) is 0 Å². The predicted molar refractivity (Wildman–Crippen MR) is 66.1 cm³/mol. The molecular weight excluding hydrogens is 224 g/mol. The third-order valence-corrected chi connectivity index (χ3v) is 3.85. The van der Waals surface area contributed by atoms with E-state index in [9.17, 15) is 9.59 Å². The van der Waals surface area contributed by atoms with E-state index >= 15 is 0 Å². The number of rotatable bonds is 5. The van der Waals surface area contributed by atoms with Gasteiger partial charge in [0.15, 0.2) is 5.12 Å². The normalized spacial score (nSPS) is 22.6. The largest absolute Gasteiger partial charge is 0.339 e. The van der Waals surface area contributed by atoms with Gasteiger partial charge in [-0.25, -0.2) is 0 Å². The van der Waals surface area contributed by atoms with E-state index < -0.39 is 0 Å². The standard InChI is InChI=1S/C11H20N2O2S/c1-3-9(4-5-12)13-7-10(6-11(13)15)16-8(2)14/h9-10H,3-7,12H2,1-2H3. The first-order valence-electron chi connectivity index (χ1n) is 5.75. The highest BCUT2D eigenvalue weighted by Gasteiger charge is 2.34. The molecule has 0 saturated carbocycles. The average molecular weight is 244 g/mol. The van der Waals surface area contributed by atoms with Crippen molar-refractivity contribution in [3.63, 3.8) is 0 Å². The number of carbonyl (C=O) groups excluding carboxylic acids is 2. The molecule has 0 radical (unpaired) electrons. The number of carbonyl (C=O) groups is 2. The van der Waals surface area contributed by atoms with Gasteiger partial charge in [-0.1, -0.05) is 18.7 Å². The highest BCUT2D eigenvalue weighted by molar-refractivity contribution is 8.14. The number of hydrogen-bond donors (Lipinski definition) is 1. The Labute approximate surface area is 101 Å². The molecule has 1 heterocycles. The summed E-state index contributed by atoms with van der Waals surface area (Å²) in [7, 11) is 0. The minimum atomic E-state index is 0.0894.